The van der Waals surface area contributed by atoms with Gasteiger partial charge in [0.1, 0.15) is 0 Å². The van der Waals surface area contributed by atoms with Gasteiger partial charge in [0.2, 0.25) is 0 Å². The lowest BCUT2D eigenvalue weighted by Crippen LogP contribution is -2.14. The van der Waals surface area contributed by atoms with Gasteiger partial charge in [0, 0.05) is 42.3 Å². The highest BCUT2D eigenvalue weighted by Crippen LogP contribution is 2.49. The third-order valence-corrected chi connectivity index (χ3v) is 13.0. The minimum Gasteiger partial charge on any atom is -0.228 e. The van der Waals surface area contributed by atoms with Crippen LogP contribution in [0.5, 0.6) is 0 Å². The summed E-state index contributed by atoms with van der Waals surface area (Å²) in [6, 6.07) is 70.3. The van der Waals surface area contributed by atoms with Crippen LogP contribution < -0.4 is 0 Å². The Hall–Kier alpha value is -6.94. The van der Waals surface area contributed by atoms with Crippen LogP contribution in [0.3, 0.4) is 0 Å². The van der Waals surface area contributed by atoms with E-state index in [-0.39, 0.29) is 5.41 Å². The molecule has 2 aromatic heterocycles. The second-order valence-corrected chi connectivity index (χ2v) is 16.9. The van der Waals surface area contributed by atoms with Crippen molar-refractivity contribution >= 4 is 31.5 Å². The van der Waals surface area contributed by atoms with Gasteiger partial charge in [0.25, 0.3) is 0 Å². The number of thiophene rings is 1. The average molecular weight is 759 g/mol. The van der Waals surface area contributed by atoms with Crippen molar-refractivity contribution in [1.29, 1.82) is 0 Å². The predicted molar refractivity (Wildman–Crippen MR) is 245 cm³/mol. The van der Waals surface area contributed by atoms with Crippen LogP contribution in [0.25, 0.3) is 98.6 Å². The zero-order chi connectivity index (χ0) is 38.8. The molecule has 0 saturated carbocycles. The summed E-state index contributed by atoms with van der Waals surface area (Å²) in [5.41, 5.74) is 17.3. The fourth-order valence-corrected chi connectivity index (χ4v) is 9.93. The van der Waals surface area contributed by atoms with E-state index >= 15 is 0 Å². The van der Waals surface area contributed by atoms with Gasteiger partial charge in [-0.25, -0.2) is 9.97 Å². The second-order valence-electron chi connectivity index (χ2n) is 15.8. The van der Waals surface area contributed by atoms with Crippen molar-refractivity contribution in [2.45, 2.75) is 19.3 Å². The number of rotatable bonds is 6. The van der Waals surface area contributed by atoms with Gasteiger partial charge in [-0.05, 0) is 110 Å². The molecular weight excluding hydrogens is 721 g/mol. The van der Waals surface area contributed by atoms with Gasteiger partial charge >= 0.3 is 0 Å². The van der Waals surface area contributed by atoms with Crippen molar-refractivity contribution < 1.29 is 0 Å². The zero-order valence-corrected chi connectivity index (χ0v) is 33.1. The highest BCUT2D eigenvalue weighted by molar-refractivity contribution is 7.25. The molecule has 0 amide bonds. The molecule has 0 fully saturated rings. The van der Waals surface area contributed by atoms with Crippen molar-refractivity contribution in [3.63, 3.8) is 0 Å². The monoisotopic (exact) mass is 758 g/mol. The first-order chi connectivity index (χ1) is 28.5. The second kappa shape index (κ2) is 13.6. The summed E-state index contributed by atoms with van der Waals surface area (Å²) in [6.07, 6.45) is 0. The van der Waals surface area contributed by atoms with Crippen LogP contribution in [0.1, 0.15) is 25.0 Å². The summed E-state index contributed by atoms with van der Waals surface area (Å²) in [7, 11) is 0. The van der Waals surface area contributed by atoms with Gasteiger partial charge in [0.05, 0.1) is 11.4 Å². The van der Waals surface area contributed by atoms with Crippen molar-refractivity contribution in [3.8, 4) is 78.4 Å². The Bertz CT molecular complexity index is 3140. The molecule has 0 unspecified atom stereocenters. The van der Waals surface area contributed by atoms with Crippen molar-refractivity contribution in [1.82, 2.24) is 9.97 Å². The molecule has 10 aromatic rings. The third-order valence-electron chi connectivity index (χ3n) is 11.9. The predicted octanol–water partition coefficient (Wildman–Crippen LogP) is 15.2. The number of benzene rings is 8. The van der Waals surface area contributed by atoms with E-state index in [1.807, 2.05) is 35.6 Å². The quantitative estimate of drug-likeness (QED) is 0.169. The molecule has 0 radical (unpaired) electrons. The van der Waals surface area contributed by atoms with Crippen LogP contribution in [0, 0.1) is 0 Å². The Kier molecular flexibility index (Phi) is 8.06. The summed E-state index contributed by atoms with van der Waals surface area (Å²) in [6.45, 7) is 4.70. The number of fused-ring (bicyclic) bond motifs is 6. The molecule has 0 N–H and O–H groups in total. The van der Waals surface area contributed by atoms with Gasteiger partial charge in [0.15, 0.2) is 5.82 Å². The van der Waals surface area contributed by atoms with Crippen LogP contribution in [0.15, 0.2) is 194 Å². The maximum absolute atomic E-state index is 5.27. The molecule has 0 spiro atoms. The highest BCUT2D eigenvalue weighted by atomic mass is 32.1. The number of hydrogen-bond donors (Lipinski definition) is 0. The lowest BCUT2D eigenvalue weighted by molar-refractivity contribution is 0.660. The van der Waals surface area contributed by atoms with E-state index in [0.29, 0.717) is 5.82 Å². The van der Waals surface area contributed by atoms with Crippen molar-refractivity contribution in [2.24, 2.45) is 0 Å². The molecule has 0 aliphatic heterocycles. The molecule has 8 aromatic carbocycles. The molecular formula is C55H38N2S. The first-order valence-corrected chi connectivity index (χ1v) is 20.7. The maximum Gasteiger partial charge on any atom is 0.160 e. The molecule has 1 aliphatic rings. The summed E-state index contributed by atoms with van der Waals surface area (Å²) >= 11 is 1.85. The number of nitrogens with zero attached hydrogens (tertiary/aromatic N) is 2. The van der Waals surface area contributed by atoms with Gasteiger partial charge in [-0.1, -0.05) is 153 Å². The molecule has 1 aliphatic carbocycles. The first-order valence-electron chi connectivity index (χ1n) is 19.9. The molecule has 2 heterocycles. The van der Waals surface area contributed by atoms with Crippen molar-refractivity contribution in [3.05, 3.63) is 205 Å². The van der Waals surface area contributed by atoms with Gasteiger partial charge in [-0.15, -0.1) is 11.3 Å². The Morgan fingerprint density at radius 2 is 0.879 bits per heavy atom. The van der Waals surface area contributed by atoms with E-state index in [1.165, 1.54) is 59.1 Å². The Balaban J connectivity index is 1.09. The molecule has 274 valence electrons. The van der Waals surface area contributed by atoms with Crippen molar-refractivity contribution in [2.75, 3.05) is 0 Å². The lowest BCUT2D eigenvalue weighted by atomic mass is 9.81. The Morgan fingerprint density at radius 3 is 1.67 bits per heavy atom. The van der Waals surface area contributed by atoms with E-state index in [0.717, 1.165) is 44.8 Å². The fourth-order valence-electron chi connectivity index (χ4n) is 8.84. The smallest absolute Gasteiger partial charge is 0.160 e. The molecule has 3 heteroatoms. The van der Waals surface area contributed by atoms with E-state index in [4.69, 9.17) is 9.97 Å². The van der Waals surface area contributed by atoms with E-state index < -0.39 is 0 Å². The highest BCUT2D eigenvalue weighted by Gasteiger charge is 2.35. The molecule has 0 saturated heterocycles. The third kappa shape index (κ3) is 5.86. The molecule has 0 atom stereocenters. The summed E-state index contributed by atoms with van der Waals surface area (Å²) in [5.74, 6) is 0.707. The topological polar surface area (TPSA) is 25.8 Å². The molecule has 58 heavy (non-hydrogen) atoms. The fraction of sp³-hybridized carbons (Fsp3) is 0.0545. The lowest BCUT2D eigenvalue weighted by Gasteiger charge is -2.22. The van der Waals surface area contributed by atoms with Gasteiger partial charge < -0.3 is 0 Å². The minimum absolute atomic E-state index is 0.0631. The number of aromatic nitrogens is 2. The van der Waals surface area contributed by atoms with Crippen LogP contribution in [0.2, 0.25) is 0 Å². The van der Waals surface area contributed by atoms with Crippen LogP contribution in [-0.2, 0) is 5.41 Å². The largest absolute Gasteiger partial charge is 0.228 e. The molecule has 2 nitrogen and oxygen atoms in total. The average Bonchev–Trinajstić information content (AvgIpc) is 3.77. The normalized spacial score (nSPS) is 12.8. The first kappa shape index (κ1) is 34.3. The van der Waals surface area contributed by atoms with Crippen LogP contribution >= 0.6 is 11.3 Å². The van der Waals surface area contributed by atoms with E-state index in [1.54, 1.807) is 0 Å². The Labute approximate surface area is 342 Å². The maximum atomic E-state index is 5.27. The van der Waals surface area contributed by atoms with Gasteiger partial charge in [-0.3, -0.25) is 0 Å². The van der Waals surface area contributed by atoms with Crippen LogP contribution in [0.4, 0.5) is 0 Å². The van der Waals surface area contributed by atoms with Gasteiger partial charge in [-0.2, -0.15) is 0 Å². The molecule has 11 rings (SSSR count). The Morgan fingerprint density at radius 1 is 0.345 bits per heavy atom. The molecule has 0 bridgehead atoms. The SMILES string of the molecule is CC1(C)c2ccccc2-c2ccc(-c3cccc(-c4cc(-c5ccc6sc7ccccc7c6c5)cc(-c5cc(-c6ccccc6)nc(-c6ccccc6)n5)c4)c3)cc21. The summed E-state index contributed by atoms with van der Waals surface area (Å²) < 4.78 is 2.60. The zero-order valence-electron chi connectivity index (χ0n) is 32.3. The van der Waals surface area contributed by atoms with Crippen LogP contribution in [-0.4, -0.2) is 9.97 Å². The number of hydrogen-bond acceptors (Lipinski definition) is 3. The summed E-state index contributed by atoms with van der Waals surface area (Å²) in [5, 5.41) is 2.58. The van der Waals surface area contributed by atoms with E-state index in [9.17, 15) is 0 Å². The minimum atomic E-state index is -0.0631. The standard InChI is InChI=1S/C55H38N2S/c1-55(2)48-22-11-9-20-44(48)45-26-24-40(33-49(45)55)37-18-13-19-38(28-37)41-29-42(39-25-27-53-47(32-39)46-21-10-12-23-52(46)58-53)31-43(30-41)51-34-50(35-14-5-3-6-15-35)56-54(57-51)36-16-7-4-8-17-36/h3-34H,1-2H3. The summed E-state index contributed by atoms with van der Waals surface area (Å²) in [4.78, 5) is 10.4. The van der Waals surface area contributed by atoms with E-state index in [2.05, 4.69) is 184 Å².